The molecule has 8 nitrogen and oxygen atoms in total. The van der Waals surface area contributed by atoms with E-state index in [0.717, 1.165) is 48.9 Å². The number of aliphatic imine (C=N–C) groups is 2. The van der Waals surface area contributed by atoms with Crippen molar-refractivity contribution in [1.29, 1.82) is 0 Å². The number of aromatic hydroxyl groups is 2. The van der Waals surface area contributed by atoms with Crippen LogP contribution in [0.2, 0.25) is 0 Å². The van der Waals surface area contributed by atoms with Crippen LogP contribution in [-0.2, 0) is 39.2 Å². The van der Waals surface area contributed by atoms with Crippen molar-refractivity contribution in [1.82, 2.24) is 0 Å². The fourth-order valence-electron chi connectivity index (χ4n) is 3.83. The number of phenolic OH excluding ortho intramolecular Hbond substituents is 2. The van der Waals surface area contributed by atoms with Crippen LogP contribution >= 0.6 is 0 Å². The zero-order valence-corrected chi connectivity index (χ0v) is 27.1. The maximum atomic E-state index is 10.4. The standard InChI is InChI=1S/C28H40N2O2.2C2H4O2.Co/c1-19-11-21(15-27(3,4)5)13-23(25(19)31)17-29-9-10-30-18-24-14-22(16-28(6,7)8)12-20(2)26(24)32;2*1-2(3)4;/h11-14,17-18,31-32H,9-10,15-16H2,1-8H3;2*1H3,(H,3,4);/q;;;+2/p-2. The molecular formula is C32H46CoN2O6. The van der Waals surface area contributed by atoms with E-state index in [4.69, 9.17) is 19.8 Å². The van der Waals surface area contributed by atoms with Gasteiger partial charge in [0.25, 0.3) is 0 Å². The Hall–Kier alpha value is -3.17. The third kappa shape index (κ3) is 19.5. The smallest absolute Gasteiger partial charge is 0.550 e. The average molecular weight is 614 g/mol. The molecule has 0 amide bonds. The molecule has 9 heteroatoms. The second-order valence-corrected chi connectivity index (χ2v) is 12.2. The molecule has 0 unspecified atom stereocenters. The Morgan fingerprint density at radius 1 is 0.707 bits per heavy atom. The summed E-state index contributed by atoms with van der Waals surface area (Å²) < 4.78 is 0. The first kappa shape index (κ1) is 40.0. The molecule has 0 bridgehead atoms. The fourth-order valence-corrected chi connectivity index (χ4v) is 3.83. The minimum absolute atomic E-state index is 0. The molecule has 0 saturated carbocycles. The zero-order chi connectivity index (χ0) is 31.3. The third-order valence-electron chi connectivity index (χ3n) is 5.07. The van der Waals surface area contributed by atoms with E-state index in [1.165, 1.54) is 11.1 Å². The maximum absolute atomic E-state index is 10.4. The van der Waals surface area contributed by atoms with Gasteiger partial charge < -0.3 is 30.0 Å². The number of benzene rings is 2. The van der Waals surface area contributed by atoms with Crippen molar-refractivity contribution in [3.8, 4) is 11.5 Å². The van der Waals surface area contributed by atoms with Crippen molar-refractivity contribution in [2.24, 2.45) is 20.8 Å². The summed E-state index contributed by atoms with van der Waals surface area (Å²) in [6.45, 7) is 20.1. The summed E-state index contributed by atoms with van der Waals surface area (Å²) in [7, 11) is 0. The molecule has 0 aliphatic carbocycles. The molecule has 229 valence electrons. The summed E-state index contributed by atoms with van der Waals surface area (Å²) in [6.07, 6.45) is 5.35. The molecule has 0 aliphatic heterocycles. The summed E-state index contributed by atoms with van der Waals surface area (Å²) in [5, 5.41) is 38.5. The van der Waals surface area contributed by atoms with Crippen LogP contribution in [0.3, 0.4) is 0 Å². The zero-order valence-electron chi connectivity index (χ0n) is 26.0. The van der Waals surface area contributed by atoms with Crippen LogP contribution in [0, 0.1) is 24.7 Å². The number of carbonyl (C=O) groups excluding carboxylic acids is 2. The number of carbonyl (C=O) groups is 2. The molecule has 41 heavy (non-hydrogen) atoms. The summed E-state index contributed by atoms with van der Waals surface area (Å²) in [4.78, 5) is 26.7. The summed E-state index contributed by atoms with van der Waals surface area (Å²) in [5.74, 6) is -1.60. The quantitative estimate of drug-likeness (QED) is 0.358. The average Bonchev–Trinajstić information content (AvgIpc) is 2.73. The molecule has 1 radical (unpaired) electrons. The Labute approximate surface area is 255 Å². The monoisotopic (exact) mass is 613 g/mol. The molecule has 2 aromatic rings. The number of aliphatic carboxylic acids is 2. The molecule has 0 aliphatic rings. The Balaban J connectivity index is 0. The summed E-state index contributed by atoms with van der Waals surface area (Å²) in [5.41, 5.74) is 6.00. The SMILES string of the molecule is CC(=O)[O-].CC(=O)[O-].Cc1cc(CC(C)(C)C)cc(C=NCCN=Cc2cc(CC(C)(C)C)cc(C)c2O)c1O.[Co+2]. The van der Waals surface area contributed by atoms with Crippen LogP contribution in [0.4, 0.5) is 0 Å². The number of rotatable bonds is 7. The van der Waals surface area contributed by atoms with Crippen LogP contribution in [-0.4, -0.2) is 47.7 Å². The van der Waals surface area contributed by atoms with E-state index in [9.17, 15) is 10.2 Å². The van der Waals surface area contributed by atoms with Crippen LogP contribution in [0.1, 0.15) is 88.8 Å². The molecule has 0 saturated heterocycles. The van der Waals surface area contributed by atoms with Crippen LogP contribution < -0.4 is 10.2 Å². The van der Waals surface area contributed by atoms with Gasteiger partial charge in [-0.15, -0.1) is 0 Å². The number of carboxylic acids is 2. The van der Waals surface area contributed by atoms with Crippen molar-refractivity contribution >= 4 is 24.4 Å². The fraction of sp³-hybridized carbons (Fsp3) is 0.500. The van der Waals surface area contributed by atoms with Gasteiger partial charge in [-0.25, -0.2) is 0 Å². The topological polar surface area (TPSA) is 145 Å². The van der Waals surface area contributed by atoms with E-state index in [1.54, 1.807) is 12.4 Å². The second kappa shape index (κ2) is 18.3. The van der Waals surface area contributed by atoms with Gasteiger partial charge in [-0.05, 0) is 85.8 Å². The molecule has 2 aromatic carbocycles. The Kier molecular flexibility index (Phi) is 17.8. The Morgan fingerprint density at radius 3 is 1.22 bits per heavy atom. The maximum Gasteiger partial charge on any atom is 2.00 e. The minimum atomic E-state index is -1.08. The normalized spacial score (nSPS) is 11.3. The predicted octanol–water partition coefficient (Wildman–Crippen LogP) is 3.94. The predicted molar refractivity (Wildman–Crippen MR) is 158 cm³/mol. The van der Waals surface area contributed by atoms with Crippen molar-refractivity contribution < 1.29 is 46.8 Å². The minimum Gasteiger partial charge on any atom is -0.550 e. The van der Waals surface area contributed by atoms with Gasteiger partial charge in [0.15, 0.2) is 0 Å². The molecule has 2 rings (SSSR count). The number of hydrogen-bond acceptors (Lipinski definition) is 8. The van der Waals surface area contributed by atoms with Gasteiger partial charge in [-0.2, -0.15) is 0 Å². The van der Waals surface area contributed by atoms with Crippen molar-refractivity contribution in [3.63, 3.8) is 0 Å². The summed E-state index contributed by atoms with van der Waals surface area (Å²) in [6, 6.07) is 8.12. The molecule has 0 heterocycles. The first-order chi connectivity index (χ1) is 18.2. The first-order valence-electron chi connectivity index (χ1n) is 13.2. The molecule has 0 fully saturated rings. The van der Waals surface area contributed by atoms with E-state index < -0.39 is 11.9 Å². The number of hydrogen-bond donors (Lipinski definition) is 2. The third-order valence-corrected chi connectivity index (χ3v) is 5.07. The van der Waals surface area contributed by atoms with E-state index in [-0.39, 0.29) is 39.1 Å². The van der Waals surface area contributed by atoms with Gasteiger partial charge in [-0.3, -0.25) is 9.98 Å². The van der Waals surface area contributed by atoms with Gasteiger partial charge in [0.1, 0.15) is 11.5 Å². The van der Waals surface area contributed by atoms with Gasteiger partial charge in [0.2, 0.25) is 0 Å². The van der Waals surface area contributed by atoms with Crippen molar-refractivity contribution in [3.05, 3.63) is 57.6 Å². The Morgan fingerprint density at radius 2 is 0.976 bits per heavy atom. The number of phenols is 2. The molecule has 0 spiro atoms. The largest absolute Gasteiger partial charge is 2.00 e. The van der Waals surface area contributed by atoms with Gasteiger partial charge >= 0.3 is 16.8 Å². The first-order valence-corrected chi connectivity index (χ1v) is 13.2. The van der Waals surface area contributed by atoms with Gasteiger partial charge in [0.05, 0.1) is 13.1 Å². The molecule has 0 atom stereocenters. The van der Waals surface area contributed by atoms with Crippen LogP contribution in [0.25, 0.3) is 0 Å². The van der Waals surface area contributed by atoms with Crippen LogP contribution in [0.15, 0.2) is 34.3 Å². The number of aryl methyl sites for hydroxylation is 2. The second-order valence-electron chi connectivity index (χ2n) is 12.2. The van der Waals surface area contributed by atoms with Gasteiger partial charge in [0, 0.05) is 35.5 Å². The number of nitrogens with zero attached hydrogens (tertiary/aromatic N) is 2. The van der Waals surface area contributed by atoms with E-state index in [0.29, 0.717) is 13.1 Å². The van der Waals surface area contributed by atoms with Crippen LogP contribution in [0.5, 0.6) is 11.5 Å². The van der Waals surface area contributed by atoms with E-state index in [1.807, 2.05) is 38.1 Å². The molecule has 2 N–H and O–H groups in total. The van der Waals surface area contributed by atoms with E-state index >= 15 is 0 Å². The van der Waals surface area contributed by atoms with E-state index in [2.05, 4.69) is 51.5 Å². The Bertz CT molecular complexity index is 1090. The molecule has 0 aromatic heterocycles. The molecular weight excluding hydrogens is 567 g/mol. The van der Waals surface area contributed by atoms with Gasteiger partial charge in [-0.1, -0.05) is 53.7 Å². The summed E-state index contributed by atoms with van der Waals surface area (Å²) >= 11 is 0. The van der Waals surface area contributed by atoms with Crippen molar-refractivity contribution in [2.45, 2.75) is 82.1 Å². The van der Waals surface area contributed by atoms with Crippen molar-refractivity contribution in [2.75, 3.05) is 13.1 Å². The number of carboxylic acid groups (broad SMARTS) is 2.